The predicted molar refractivity (Wildman–Crippen MR) is 101 cm³/mol. The van der Waals surface area contributed by atoms with Crippen molar-refractivity contribution in [3.8, 4) is 5.75 Å². The molecule has 2 heterocycles. The van der Waals surface area contributed by atoms with Gasteiger partial charge < -0.3 is 14.1 Å². The third kappa shape index (κ3) is 2.11. The Bertz CT molecular complexity index is 866. The maximum Gasteiger partial charge on any atom is 0.257 e. The molecule has 138 valence electrons. The van der Waals surface area contributed by atoms with Gasteiger partial charge in [0, 0.05) is 18.0 Å². The SMILES string of the molecule is COc1cccc2c1C[C@@H]1N(C(=O)c3ccoc3C)CC[C@]2(C)C1(C)C. The van der Waals surface area contributed by atoms with Crippen LogP contribution >= 0.6 is 0 Å². The normalized spacial score (nSPS) is 26.3. The van der Waals surface area contributed by atoms with Gasteiger partial charge in [-0.3, -0.25) is 4.79 Å². The van der Waals surface area contributed by atoms with Gasteiger partial charge >= 0.3 is 0 Å². The first kappa shape index (κ1) is 17.2. The number of ether oxygens (including phenoxy) is 1. The highest BCUT2D eigenvalue weighted by atomic mass is 16.5. The third-order valence-corrected chi connectivity index (χ3v) is 7.18. The van der Waals surface area contributed by atoms with Gasteiger partial charge in [-0.25, -0.2) is 0 Å². The van der Waals surface area contributed by atoms with E-state index in [-0.39, 0.29) is 22.8 Å². The van der Waals surface area contributed by atoms with Crippen LogP contribution in [-0.2, 0) is 11.8 Å². The summed E-state index contributed by atoms with van der Waals surface area (Å²) in [5.74, 6) is 1.70. The number of piperidine rings is 1. The highest BCUT2D eigenvalue weighted by Gasteiger charge is 2.57. The molecule has 1 aliphatic carbocycles. The highest BCUT2D eigenvalue weighted by Crippen LogP contribution is 2.57. The number of nitrogens with zero attached hydrogens (tertiary/aromatic N) is 1. The molecule has 0 unspecified atom stereocenters. The van der Waals surface area contributed by atoms with Gasteiger partial charge in [0.1, 0.15) is 11.5 Å². The summed E-state index contributed by atoms with van der Waals surface area (Å²) in [5.41, 5.74) is 3.29. The van der Waals surface area contributed by atoms with Crippen LogP contribution in [0.5, 0.6) is 5.75 Å². The second-order valence-electron chi connectivity index (χ2n) is 8.40. The van der Waals surface area contributed by atoms with Gasteiger partial charge in [0.2, 0.25) is 0 Å². The Morgan fingerprint density at radius 3 is 2.69 bits per heavy atom. The van der Waals surface area contributed by atoms with E-state index >= 15 is 0 Å². The first-order chi connectivity index (χ1) is 12.3. The number of methoxy groups -OCH3 is 1. The summed E-state index contributed by atoms with van der Waals surface area (Å²) in [6.45, 7) is 9.59. The molecule has 26 heavy (non-hydrogen) atoms. The smallest absolute Gasteiger partial charge is 0.257 e. The fourth-order valence-electron chi connectivity index (χ4n) is 5.11. The van der Waals surface area contributed by atoms with Crippen LogP contribution < -0.4 is 4.74 Å². The Labute approximate surface area is 155 Å². The number of carbonyl (C=O) groups excluding carboxylic acids is 1. The van der Waals surface area contributed by atoms with E-state index in [0.29, 0.717) is 11.3 Å². The van der Waals surface area contributed by atoms with Crippen LogP contribution in [0.4, 0.5) is 0 Å². The molecular formula is C22H27NO3. The van der Waals surface area contributed by atoms with Crippen LogP contribution in [0.2, 0.25) is 0 Å². The number of benzene rings is 1. The molecule has 1 aliphatic heterocycles. The Morgan fingerprint density at radius 2 is 2.04 bits per heavy atom. The molecule has 0 N–H and O–H groups in total. The summed E-state index contributed by atoms with van der Waals surface area (Å²) in [6.07, 6.45) is 3.37. The molecule has 0 saturated carbocycles. The topological polar surface area (TPSA) is 42.7 Å². The number of furan rings is 1. The molecule has 2 aromatic rings. The summed E-state index contributed by atoms with van der Waals surface area (Å²) in [4.78, 5) is 15.3. The van der Waals surface area contributed by atoms with Crippen molar-refractivity contribution in [2.24, 2.45) is 5.41 Å². The van der Waals surface area contributed by atoms with Gasteiger partial charge in [-0.1, -0.05) is 32.9 Å². The predicted octanol–water partition coefficient (Wildman–Crippen LogP) is 4.35. The van der Waals surface area contributed by atoms with E-state index in [4.69, 9.17) is 9.15 Å². The van der Waals surface area contributed by atoms with Crippen molar-refractivity contribution in [2.45, 2.75) is 52.0 Å². The molecule has 4 rings (SSSR count). The molecular weight excluding hydrogens is 326 g/mol. The van der Waals surface area contributed by atoms with Crippen LogP contribution in [0.1, 0.15) is 54.4 Å². The zero-order valence-electron chi connectivity index (χ0n) is 16.3. The van der Waals surface area contributed by atoms with Crippen LogP contribution in [-0.4, -0.2) is 30.5 Å². The van der Waals surface area contributed by atoms with Gasteiger partial charge in [0.25, 0.3) is 5.91 Å². The van der Waals surface area contributed by atoms with Gasteiger partial charge in [0.15, 0.2) is 0 Å². The fraction of sp³-hybridized carbons (Fsp3) is 0.500. The van der Waals surface area contributed by atoms with Crippen molar-refractivity contribution in [1.82, 2.24) is 4.90 Å². The van der Waals surface area contributed by atoms with Gasteiger partial charge in [-0.05, 0) is 48.4 Å². The lowest BCUT2D eigenvalue weighted by atomic mass is 9.51. The molecule has 2 aliphatic rings. The molecule has 1 saturated heterocycles. The summed E-state index contributed by atoms with van der Waals surface area (Å²) >= 11 is 0. The van der Waals surface area contributed by atoms with Crippen LogP contribution in [0.3, 0.4) is 0 Å². The molecule has 1 amide bonds. The minimum Gasteiger partial charge on any atom is -0.496 e. The van der Waals surface area contributed by atoms with Crippen molar-refractivity contribution in [3.05, 3.63) is 53.0 Å². The van der Waals surface area contributed by atoms with Crippen molar-refractivity contribution < 1.29 is 13.9 Å². The van der Waals surface area contributed by atoms with E-state index < -0.39 is 0 Å². The number of amides is 1. The average molecular weight is 353 g/mol. The first-order valence-corrected chi connectivity index (χ1v) is 9.32. The molecule has 0 spiro atoms. The second-order valence-corrected chi connectivity index (χ2v) is 8.40. The van der Waals surface area contributed by atoms with Gasteiger partial charge in [-0.2, -0.15) is 0 Å². The maximum absolute atomic E-state index is 13.3. The Hall–Kier alpha value is -2.23. The molecule has 2 atom stereocenters. The van der Waals surface area contributed by atoms with Crippen molar-refractivity contribution in [1.29, 1.82) is 0 Å². The summed E-state index contributed by atoms with van der Waals surface area (Å²) in [6, 6.07) is 8.28. The number of rotatable bonds is 2. The molecule has 2 bridgehead atoms. The first-order valence-electron chi connectivity index (χ1n) is 9.32. The lowest BCUT2D eigenvalue weighted by Crippen LogP contribution is -2.64. The molecule has 1 aromatic carbocycles. The van der Waals surface area contributed by atoms with E-state index in [2.05, 4.69) is 37.8 Å². The largest absolute Gasteiger partial charge is 0.496 e. The highest BCUT2D eigenvalue weighted by molar-refractivity contribution is 5.95. The zero-order valence-corrected chi connectivity index (χ0v) is 16.3. The van der Waals surface area contributed by atoms with Crippen LogP contribution in [0, 0.1) is 12.3 Å². The number of hydrogen-bond donors (Lipinski definition) is 0. The lowest BCUT2D eigenvalue weighted by Gasteiger charge is -2.60. The average Bonchev–Trinajstić information content (AvgIpc) is 3.03. The minimum absolute atomic E-state index is 0.0159. The monoisotopic (exact) mass is 353 g/mol. The van der Waals surface area contributed by atoms with Gasteiger partial charge in [-0.15, -0.1) is 0 Å². The molecule has 0 radical (unpaired) electrons. The van der Waals surface area contributed by atoms with Gasteiger partial charge in [0.05, 0.1) is 18.9 Å². The Kier molecular flexibility index (Phi) is 3.73. The van der Waals surface area contributed by atoms with E-state index in [0.717, 1.165) is 25.1 Å². The van der Waals surface area contributed by atoms with Crippen LogP contribution in [0.25, 0.3) is 0 Å². The molecule has 4 nitrogen and oxygen atoms in total. The van der Waals surface area contributed by atoms with Crippen molar-refractivity contribution in [2.75, 3.05) is 13.7 Å². The van der Waals surface area contributed by atoms with Crippen molar-refractivity contribution >= 4 is 5.91 Å². The molecule has 1 aromatic heterocycles. The van der Waals surface area contributed by atoms with E-state index in [1.165, 1.54) is 11.1 Å². The number of fused-ring (bicyclic) bond motifs is 4. The number of hydrogen-bond acceptors (Lipinski definition) is 3. The second kappa shape index (κ2) is 5.63. The minimum atomic E-state index is -0.0298. The fourth-order valence-corrected chi connectivity index (χ4v) is 5.11. The quantitative estimate of drug-likeness (QED) is 0.806. The van der Waals surface area contributed by atoms with Crippen molar-refractivity contribution in [3.63, 3.8) is 0 Å². The summed E-state index contributed by atoms with van der Waals surface area (Å²) < 4.78 is 11.0. The Morgan fingerprint density at radius 1 is 1.27 bits per heavy atom. The lowest BCUT2D eigenvalue weighted by molar-refractivity contribution is -0.0267. The van der Waals surface area contributed by atoms with E-state index in [9.17, 15) is 4.79 Å². The zero-order chi connectivity index (χ0) is 18.7. The number of carbonyl (C=O) groups is 1. The number of aryl methyl sites for hydroxylation is 1. The Balaban J connectivity index is 1.82. The van der Waals surface area contributed by atoms with E-state index in [1.54, 1.807) is 19.4 Å². The van der Waals surface area contributed by atoms with Crippen LogP contribution in [0.15, 0.2) is 34.9 Å². The summed E-state index contributed by atoms with van der Waals surface area (Å²) in [5, 5.41) is 0. The summed E-state index contributed by atoms with van der Waals surface area (Å²) in [7, 11) is 1.73. The molecule has 4 heteroatoms. The standard InChI is InChI=1S/C22H27NO3/c1-14-15(9-12-26-14)20(24)23-11-10-22(4)17-7-6-8-18(25-5)16(17)13-19(23)21(22,2)3/h6-9,12,19H,10-11,13H2,1-5H3/t19-,22-/m0/s1. The van der Waals surface area contributed by atoms with E-state index in [1.807, 2.05) is 13.0 Å². The number of likely N-dealkylation sites (tertiary alicyclic amines) is 1. The third-order valence-electron chi connectivity index (χ3n) is 7.18. The maximum atomic E-state index is 13.3. The molecule has 1 fully saturated rings.